The lowest BCUT2D eigenvalue weighted by molar-refractivity contribution is -0.132. The number of thiazole rings is 1. The highest BCUT2D eigenvalue weighted by Gasteiger charge is 2.24. The van der Waals surface area contributed by atoms with Crippen LogP contribution < -0.4 is 10.1 Å². The molecular formula is C22H20N4O4S. The van der Waals surface area contributed by atoms with Gasteiger partial charge in [0.1, 0.15) is 11.9 Å². The Morgan fingerprint density at radius 3 is 2.87 bits per heavy atom. The fourth-order valence-electron chi connectivity index (χ4n) is 3.33. The summed E-state index contributed by atoms with van der Waals surface area (Å²) in [7, 11) is 0. The molecule has 1 fully saturated rings. The smallest absolute Gasteiger partial charge is 0.293 e. The van der Waals surface area contributed by atoms with Crippen molar-refractivity contribution >= 4 is 28.3 Å². The second-order valence-corrected chi connectivity index (χ2v) is 7.95. The van der Waals surface area contributed by atoms with Crippen LogP contribution in [0.5, 0.6) is 5.75 Å². The van der Waals surface area contributed by atoms with Crippen LogP contribution in [0.15, 0.2) is 52.5 Å². The Hall–Kier alpha value is -3.64. The van der Waals surface area contributed by atoms with Crippen molar-refractivity contribution in [3.8, 4) is 11.8 Å². The SMILES string of the molecule is N#Cc1cccc(OC2CCN(C(=O)Cc3csc(NC(=O)c4ccco4)n3)CC2)c1. The molecule has 1 aliphatic rings. The molecule has 8 nitrogen and oxygen atoms in total. The molecule has 1 N–H and O–H groups in total. The van der Waals surface area contributed by atoms with E-state index in [2.05, 4.69) is 16.4 Å². The number of benzene rings is 1. The van der Waals surface area contributed by atoms with Crippen LogP contribution in [0.2, 0.25) is 0 Å². The van der Waals surface area contributed by atoms with Gasteiger partial charge in [-0.1, -0.05) is 6.07 Å². The van der Waals surface area contributed by atoms with Gasteiger partial charge in [-0.05, 0) is 30.3 Å². The Balaban J connectivity index is 1.25. The zero-order chi connectivity index (χ0) is 21.6. The molecule has 1 saturated heterocycles. The number of piperidine rings is 1. The summed E-state index contributed by atoms with van der Waals surface area (Å²) in [6.07, 6.45) is 3.08. The third-order valence-electron chi connectivity index (χ3n) is 4.91. The number of amides is 2. The number of furan rings is 1. The molecule has 1 aliphatic heterocycles. The molecule has 0 bridgehead atoms. The van der Waals surface area contributed by atoms with Gasteiger partial charge in [0.15, 0.2) is 10.9 Å². The number of hydrogen-bond acceptors (Lipinski definition) is 7. The lowest BCUT2D eigenvalue weighted by Gasteiger charge is -2.32. The third-order valence-corrected chi connectivity index (χ3v) is 5.72. The highest BCUT2D eigenvalue weighted by atomic mass is 32.1. The zero-order valence-electron chi connectivity index (χ0n) is 16.6. The van der Waals surface area contributed by atoms with Gasteiger partial charge in [-0.15, -0.1) is 11.3 Å². The van der Waals surface area contributed by atoms with Crippen LogP contribution in [0.4, 0.5) is 5.13 Å². The molecule has 0 saturated carbocycles. The van der Waals surface area contributed by atoms with Crippen LogP contribution in [-0.4, -0.2) is 40.9 Å². The molecule has 0 unspecified atom stereocenters. The number of rotatable bonds is 6. The van der Waals surface area contributed by atoms with Crippen molar-refractivity contribution in [2.24, 2.45) is 0 Å². The fraction of sp³-hybridized carbons (Fsp3) is 0.273. The second-order valence-electron chi connectivity index (χ2n) is 7.09. The van der Waals surface area contributed by atoms with Crippen molar-refractivity contribution in [1.29, 1.82) is 5.26 Å². The average molecular weight is 436 g/mol. The lowest BCUT2D eigenvalue weighted by atomic mass is 10.1. The summed E-state index contributed by atoms with van der Waals surface area (Å²) in [5, 5.41) is 13.9. The number of nitriles is 1. The molecule has 3 aromatic rings. The van der Waals surface area contributed by atoms with Gasteiger partial charge in [0.05, 0.1) is 30.0 Å². The zero-order valence-corrected chi connectivity index (χ0v) is 17.4. The molecule has 2 aromatic heterocycles. The van der Waals surface area contributed by atoms with E-state index in [0.29, 0.717) is 35.2 Å². The van der Waals surface area contributed by atoms with E-state index in [1.807, 2.05) is 11.0 Å². The molecule has 0 spiro atoms. The van der Waals surface area contributed by atoms with E-state index in [1.165, 1.54) is 17.6 Å². The number of nitrogens with zero attached hydrogens (tertiary/aromatic N) is 3. The number of ether oxygens (including phenoxy) is 1. The van der Waals surface area contributed by atoms with E-state index in [-0.39, 0.29) is 30.1 Å². The number of likely N-dealkylation sites (tertiary alicyclic amines) is 1. The Kier molecular flexibility index (Phi) is 6.29. The molecule has 4 rings (SSSR count). The van der Waals surface area contributed by atoms with E-state index >= 15 is 0 Å². The topological polar surface area (TPSA) is 108 Å². The van der Waals surface area contributed by atoms with Crippen molar-refractivity contribution in [2.75, 3.05) is 18.4 Å². The molecule has 0 aliphatic carbocycles. The van der Waals surface area contributed by atoms with Crippen LogP contribution in [-0.2, 0) is 11.2 Å². The average Bonchev–Trinajstić information content (AvgIpc) is 3.47. The summed E-state index contributed by atoms with van der Waals surface area (Å²) >= 11 is 1.27. The summed E-state index contributed by atoms with van der Waals surface area (Å²) in [4.78, 5) is 30.8. The third kappa shape index (κ3) is 5.29. The number of carbonyl (C=O) groups excluding carboxylic acids is 2. The Bertz CT molecular complexity index is 1090. The Morgan fingerprint density at radius 2 is 2.13 bits per heavy atom. The van der Waals surface area contributed by atoms with Crippen molar-refractivity contribution in [2.45, 2.75) is 25.4 Å². The highest BCUT2D eigenvalue weighted by Crippen LogP contribution is 2.22. The summed E-state index contributed by atoms with van der Waals surface area (Å²) in [6, 6.07) is 12.4. The predicted octanol–water partition coefficient (Wildman–Crippen LogP) is 3.47. The number of hydrogen-bond donors (Lipinski definition) is 1. The van der Waals surface area contributed by atoms with Gasteiger partial charge in [-0.25, -0.2) is 4.98 Å². The van der Waals surface area contributed by atoms with E-state index in [0.717, 1.165) is 12.8 Å². The molecular weight excluding hydrogens is 416 g/mol. The molecule has 0 radical (unpaired) electrons. The summed E-state index contributed by atoms with van der Waals surface area (Å²) in [5.41, 5.74) is 1.18. The monoisotopic (exact) mass is 436 g/mol. The van der Waals surface area contributed by atoms with Crippen molar-refractivity contribution in [3.63, 3.8) is 0 Å². The maximum absolute atomic E-state index is 12.6. The molecule has 31 heavy (non-hydrogen) atoms. The molecule has 158 valence electrons. The second kappa shape index (κ2) is 9.45. The first-order chi connectivity index (χ1) is 15.1. The first-order valence-corrected chi connectivity index (χ1v) is 10.7. The van der Waals surface area contributed by atoms with Gasteiger partial charge in [-0.2, -0.15) is 5.26 Å². The van der Waals surface area contributed by atoms with E-state index in [4.69, 9.17) is 14.4 Å². The summed E-state index contributed by atoms with van der Waals surface area (Å²) < 4.78 is 11.0. The number of aromatic nitrogens is 1. The van der Waals surface area contributed by atoms with Gasteiger partial charge < -0.3 is 14.1 Å². The van der Waals surface area contributed by atoms with Gasteiger partial charge in [0, 0.05) is 31.3 Å². The Labute approximate surface area is 183 Å². The van der Waals surface area contributed by atoms with Gasteiger partial charge in [0.2, 0.25) is 5.91 Å². The maximum atomic E-state index is 12.6. The van der Waals surface area contributed by atoms with Crippen LogP contribution in [0.1, 0.15) is 34.7 Å². The summed E-state index contributed by atoms with van der Waals surface area (Å²) in [6.45, 7) is 1.21. The van der Waals surface area contributed by atoms with Crippen molar-refractivity contribution in [3.05, 3.63) is 65.1 Å². The van der Waals surface area contributed by atoms with Crippen LogP contribution in [0.3, 0.4) is 0 Å². The van der Waals surface area contributed by atoms with E-state index in [1.54, 1.807) is 35.7 Å². The molecule has 3 heterocycles. The number of carbonyl (C=O) groups is 2. The minimum absolute atomic E-state index is 0.000797. The predicted molar refractivity (Wildman–Crippen MR) is 114 cm³/mol. The fourth-order valence-corrected chi connectivity index (χ4v) is 4.04. The van der Waals surface area contributed by atoms with Crippen LogP contribution in [0.25, 0.3) is 0 Å². The normalized spacial score (nSPS) is 14.1. The maximum Gasteiger partial charge on any atom is 0.293 e. The van der Waals surface area contributed by atoms with E-state index < -0.39 is 0 Å². The largest absolute Gasteiger partial charge is 0.490 e. The first-order valence-electron chi connectivity index (χ1n) is 9.84. The standard InChI is InChI=1S/C22H20N4O4S/c23-13-15-3-1-4-18(11-15)30-17-6-8-26(9-7-17)20(27)12-16-14-31-22(24-16)25-21(28)19-5-2-10-29-19/h1-5,10-11,14,17H,6-9,12H2,(H,24,25,28). The molecule has 1 aromatic carbocycles. The number of nitrogens with one attached hydrogen (secondary N) is 1. The highest BCUT2D eigenvalue weighted by molar-refractivity contribution is 7.14. The van der Waals surface area contributed by atoms with Crippen LogP contribution in [0, 0.1) is 11.3 Å². The van der Waals surface area contributed by atoms with Gasteiger partial charge >= 0.3 is 0 Å². The van der Waals surface area contributed by atoms with Crippen molar-refractivity contribution in [1.82, 2.24) is 9.88 Å². The molecule has 0 atom stereocenters. The van der Waals surface area contributed by atoms with Crippen molar-refractivity contribution < 1.29 is 18.7 Å². The number of anilines is 1. The molecule has 9 heteroatoms. The quantitative estimate of drug-likeness (QED) is 0.634. The minimum Gasteiger partial charge on any atom is -0.490 e. The summed E-state index contributed by atoms with van der Waals surface area (Å²) in [5.74, 6) is 0.506. The Morgan fingerprint density at radius 1 is 1.29 bits per heavy atom. The lowest BCUT2D eigenvalue weighted by Crippen LogP contribution is -2.42. The first kappa shape index (κ1) is 20.6. The van der Waals surface area contributed by atoms with Crippen LogP contribution >= 0.6 is 11.3 Å². The van der Waals surface area contributed by atoms with E-state index in [9.17, 15) is 9.59 Å². The minimum atomic E-state index is -0.375. The van der Waals surface area contributed by atoms with Gasteiger partial charge in [0.25, 0.3) is 5.91 Å². The van der Waals surface area contributed by atoms with Gasteiger partial charge in [-0.3, -0.25) is 14.9 Å². The molecule has 2 amide bonds.